The van der Waals surface area contributed by atoms with Crippen LogP contribution in [0.3, 0.4) is 0 Å². The standard InChI is InChI=1S/C6H8N4O3S/c7-5(6(11)12)4(14-13)3-10-2-1-8-9-10/h1-2,5H,3,7H2,(H,11,12)/t5-/m1/s1. The number of carbonyl (C=O) groups is 1. The SMILES string of the molecule is N[C@@H](C(=O)O)C(Cn1ccnn1)=S=O. The zero-order valence-corrected chi connectivity index (χ0v) is 7.85. The Hall–Kier alpha value is -1.54. The molecule has 0 amide bonds. The Morgan fingerprint density at radius 3 is 2.86 bits per heavy atom. The summed E-state index contributed by atoms with van der Waals surface area (Å²) in [5.41, 5.74) is 5.27. The van der Waals surface area contributed by atoms with E-state index in [1.807, 2.05) is 0 Å². The second-order valence-corrected chi connectivity index (χ2v) is 3.16. The summed E-state index contributed by atoms with van der Waals surface area (Å²) in [6.45, 7) is 0.0572. The molecule has 1 heterocycles. The van der Waals surface area contributed by atoms with Gasteiger partial charge in [-0.05, 0) is 0 Å². The number of carboxylic acid groups (broad SMARTS) is 1. The van der Waals surface area contributed by atoms with Crippen molar-refractivity contribution in [2.24, 2.45) is 5.73 Å². The molecule has 0 aliphatic heterocycles. The number of carboxylic acids is 1. The quantitative estimate of drug-likeness (QED) is 0.567. The predicted molar refractivity (Wildman–Crippen MR) is 48.8 cm³/mol. The van der Waals surface area contributed by atoms with E-state index in [0.29, 0.717) is 0 Å². The van der Waals surface area contributed by atoms with Crippen molar-refractivity contribution in [1.82, 2.24) is 15.0 Å². The molecule has 7 nitrogen and oxygen atoms in total. The highest BCUT2D eigenvalue weighted by Crippen LogP contribution is 1.89. The molecule has 0 aliphatic carbocycles. The van der Waals surface area contributed by atoms with Gasteiger partial charge in [0.05, 0.1) is 28.9 Å². The van der Waals surface area contributed by atoms with Crippen LogP contribution in [0.5, 0.6) is 0 Å². The largest absolute Gasteiger partial charge is 0.480 e. The van der Waals surface area contributed by atoms with E-state index < -0.39 is 12.0 Å². The van der Waals surface area contributed by atoms with Crippen LogP contribution in [0.1, 0.15) is 0 Å². The summed E-state index contributed by atoms with van der Waals surface area (Å²) in [6.07, 6.45) is 2.95. The van der Waals surface area contributed by atoms with Crippen LogP contribution in [-0.2, 0) is 22.6 Å². The van der Waals surface area contributed by atoms with Gasteiger partial charge in [0, 0.05) is 6.20 Å². The molecule has 1 rings (SSSR count). The molecule has 0 aromatic carbocycles. The Labute approximate surface area is 82.6 Å². The number of rotatable bonds is 4. The average molecular weight is 216 g/mol. The molecule has 0 fully saturated rings. The minimum absolute atomic E-state index is 0.0572. The van der Waals surface area contributed by atoms with Crippen molar-refractivity contribution >= 4 is 22.1 Å². The third kappa shape index (κ3) is 2.47. The third-order valence-electron chi connectivity index (χ3n) is 1.51. The number of hydrogen-bond donors (Lipinski definition) is 2. The predicted octanol–water partition coefficient (Wildman–Crippen LogP) is -1.92. The van der Waals surface area contributed by atoms with Gasteiger partial charge in [-0.25, -0.2) is 8.89 Å². The minimum Gasteiger partial charge on any atom is -0.480 e. The van der Waals surface area contributed by atoms with Gasteiger partial charge in [0.15, 0.2) is 0 Å². The molecule has 0 bridgehead atoms. The van der Waals surface area contributed by atoms with Crippen molar-refractivity contribution < 1.29 is 14.1 Å². The second-order valence-electron chi connectivity index (χ2n) is 2.47. The molecular weight excluding hydrogens is 208 g/mol. The Morgan fingerprint density at radius 1 is 1.71 bits per heavy atom. The fraction of sp³-hybridized carbons (Fsp3) is 0.333. The van der Waals surface area contributed by atoms with Crippen molar-refractivity contribution in [2.45, 2.75) is 12.6 Å². The highest BCUT2D eigenvalue weighted by molar-refractivity contribution is 7.66. The van der Waals surface area contributed by atoms with Gasteiger partial charge in [-0.2, -0.15) is 0 Å². The molecule has 0 unspecified atom stereocenters. The van der Waals surface area contributed by atoms with Crippen molar-refractivity contribution in [1.29, 1.82) is 0 Å². The molecular formula is C6H8N4O3S. The van der Waals surface area contributed by atoms with E-state index in [1.54, 1.807) is 0 Å². The molecule has 0 saturated heterocycles. The van der Waals surface area contributed by atoms with Crippen molar-refractivity contribution in [2.75, 3.05) is 0 Å². The smallest absolute Gasteiger partial charge is 0.325 e. The number of aliphatic carboxylic acids is 1. The lowest BCUT2D eigenvalue weighted by Crippen LogP contribution is -2.40. The fourth-order valence-corrected chi connectivity index (χ4v) is 1.18. The first-order valence-electron chi connectivity index (χ1n) is 3.63. The van der Waals surface area contributed by atoms with E-state index in [0.717, 1.165) is 0 Å². The summed E-state index contributed by atoms with van der Waals surface area (Å²) < 4.78 is 11.9. The molecule has 3 N–H and O–H groups in total. The van der Waals surface area contributed by atoms with Gasteiger partial charge in [0.2, 0.25) is 0 Å². The van der Waals surface area contributed by atoms with E-state index in [9.17, 15) is 9.00 Å². The Kier molecular flexibility index (Phi) is 3.48. The van der Waals surface area contributed by atoms with Gasteiger partial charge < -0.3 is 10.8 Å². The van der Waals surface area contributed by atoms with Gasteiger partial charge in [-0.15, -0.1) is 5.10 Å². The van der Waals surface area contributed by atoms with E-state index in [2.05, 4.69) is 10.3 Å². The number of aromatic nitrogens is 3. The Morgan fingerprint density at radius 2 is 2.43 bits per heavy atom. The molecule has 0 spiro atoms. The molecule has 14 heavy (non-hydrogen) atoms. The van der Waals surface area contributed by atoms with Crippen molar-refractivity contribution in [3.05, 3.63) is 12.4 Å². The maximum atomic E-state index is 10.6. The maximum Gasteiger partial charge on any atom is 0.325 e. The minimum atomic E-state index is -1.28. The van der Waals surface area contributed by atoms with Crippen LogP contribution in [0.15, 0.2) is 12.4 Å². The molecule has 0 saturated carbocycles. The van der Waals surface area contributed by atoms with Crippen molar-refractivity contribution in [3.63, 3.8) is 0 Å². The summed E-state index contributed by atoms with van der Waals surface area (Å²) in [5, 5.41) is 15.7. The van der Waals surface area contributed by atoms with Crippen LogP contribution < -0.4 is 5.73 Å². The lowest BCUT2D eigenvalue weighted by molar-refractivity contribution is -0.136. The summed E-state index contributed by atoms with van der Waals surface area (Å²) in [4.78, 5) is 10.6. The lowest BCUT2D eigenvalue weighted by Gasteiger charge is -2.06. The van der Waals surface area contributed by atoms with Gasteiger partial charge in [0.1, 0.15) is 6.04 Å². The zero-order chi connectivity index (χ0) is 10.6. The highest BCUT2D eigenvalue weighted by atomic mass is 32.1. The van der Waals surface area contributed by atoms with Crippen LogP contribution in [0.4, 0.5) is 0 Å². The molecule has 1 aromatic heterocycles. The number of nitrogens with zero attached hydrogens (tertiary/aromatic N) is 3. The van der Waals surface area contributed by atoms with E-state index in [4.69, 9.17) is 10.8 Å². The molecule has 1 aromatic rings. The van der Waals surface area contributed by atoms with Crippen LogP contribution in [0, 0.1) is 0 Å². The van der Waals surface area contributed by atoms with E-state index in [-0.39, 0.29) is 22.7 Å². The van der Waals surface area contributed by atoms with Crippen LogP contribution in [0.25, 0.3) is 0 Å². The van der Waals surface area contributed by atoms with Crippen LogP contribution in [0.2, 0.25) is 0 Å². The molecule has 1 atom stereocenters. The Balaban J connectivity index is 2.75. The van der Waals surface area contributed by atoms with E-state index in [1.165, 1.54) is 17.1 Å². The molecule has 0 radical (unpaired) electrons. The molecule has 8 heteroatoms. The highest BCUT2D eigenvalue weighted by Gasteiger charge is 2.19. The van der Waals surface area contributed by atoms with Crippen molar-refractivity contribution in [3.8, 4) is 0 Å². The van der Waals surface area contributed by atoms with E-state index >= 15 is 0 Å². The molecule has 76 valence electrons. The van der Waals surface area contributed by atoms with Gasteiger partial charge in [-0.3, -0.25) is 4.79 Å². The van der Waals surface area contributed by atoms with Gasteiger partial charge in [-0.1, -0.05) is 5.21 Å². The monoisotopic (exact) mass is 216 g/mol. The normalized spacial score (nSPS) is 12.1. The maximum absolute atomic E-state index is 10.6. The summed E-state index contributed by atoms with van der Waals surface area (Å²) in [5.74, 6) is -1.23. The average Bonchev–Trinajstić information content (AvgIpc) is 2.65. The Bertz CT molecular complexity index is 370. The van der Waals surface area contributed by atoms with Crippen LogP contribution in [-0.4, -0.2) is 41.2 Å². The summed E-state index contributed by atoms with van der Waals surface area (Å²) in [6, 6.07) is -1.28. The van der Waals surface area contributed by atoms with Gasteiger partial charge in [0.25, 0.3) is 0 Å². The summed E-state index contributed by atoms with van der Waals surface area (Å²) >= 11 is 0.0768. The molecule has 0 aliphatic rings. The first kappa shape index (κ1) is 10.5. The fourth-order valence-electron chi connectivity index (χ4n) is 0.791. The first-order valence-corrected chi connectivity index (χ1v) is 4.37. The van der Waals surface area contributed by atoms with Gasteiger partial charge >= 0.3 is 5.97 Å². The summed E-state index contributed by atoms with van der Waals surface area (Å²) in [7, 11) is 0. The zero-order valence-electron chi connectivity index (χ0n) is 7.03. The van der Waals surface area contributed by atoms with Crippen LogP contribution >= 0.6 is 0 Å². The first-order chi connectivity index (χ1) is 6.65. The number of hydrogen-bond acceptors (Lipinski definition) is 5. The number of nitrogens with two attached hydrogens (primary N) is 1. The second kappa shape index (κ2) is 4.63. The topological polar surface area (TPSA) is 111 Å². The lowest BCUT2D eigenvalue weighted by atomic mass is 10.2. The third-order valence-corrected chi connectivity index (χ3v) is 2.11.